The maximum absolute atomic E-state index is 12.2. The zero-order valence-corrected chi connectivity index (χ0v) is 19.9. The van der Waals surface area contributed by atoms with Gasteiger partial charge in [-0.25, -0.2) is 0 Å². The van der Waals surface area contributed by atoms with E-state index in [2.05, 4.69) is 0 Å². The van der Waals surface area contributed by atoms with Crippen LogP contribution in [0.3, 0.4) is 0 Å². The van der Waals surface area contributed by atoms with Gasteiger partial charge in [-0.2, -0.15) is 0 Å². The Morgan fingerprint density at radius 3 is 2.12 bits per heavy atom. The minimum atomic E-state index is -0.829. The summed E-state index contributed by atoms with van der Waals surface area (Å²) in [6.07, 6.45) is 2.38. The van der Waals surface area contributed by atoms with Crippen LogP contribution in [-0.4, -0.2) is 63.6 Å². The molecule has 8 heteroatoms. The first-order valence-electron chi connectivity index (χ1n) is 11.1. The van der Waals surface area contributed by atoms with Crippen molar-refractivity contribution < 1.29 is 33.6 Å². The van der Waals surface area contributed by atoms with Gasteiger partial charge >= 0.3 is 5.97 Å². The van der Waals surface area contributed by atoms with Gasteiger partial charge in [0.05, 0.1) is 41.1 Å². The van der Waals surface area contributed by atoms with Crippen molar-refractivity contribution in [3.63, 3.8) is 0 Å². The minimum absolute atomic E-state index is 0.371. The van der Waals surface area contributed by atoms with E-state index in [-0.39, 0.29) is 6.04 Å². The fourth-order valence-corrected chi connectivity index (χ4v) is 4.49. The summed E-state index contributed by atoms with van der Waals surface area (Å²) in [4.78, 5) is 14.2. The van der Waals surface area contributed by atoms with E-state index < -0.39 is 12.0 Å². The highest BCUT2D eigenvalue weighted by molar-refractivity contribution is 5.74. The van der Waals surface area contributed by atoms with Gasteiger partial charge in [0.1, 0.15) is 6.04 Å². The molecule has 0 aliphatic carbocycles. The normalized spacial score (nSPS) is 17.2. The van der Waals surface area contributed by atoms with E-state index in [0.29, 0.717) is 48.3 Å². The molecule has 180 valence electrons. The molecule has 1 heterocycles. The zero-order valence-electron chi connectivity index (χ0n) is 19.9. The van der Waals surface area contributed by atoms with Crippen LogP contribution < -0.4 is 23.7 Å². The van der Waals surface area contributed by atoms with Crippen molar-refractivity contribution in [1.82, 2.24) is 4.90 Å². The smallest absolute Gasteiger partial charge is 0.320 e. The first-order chi connectivity index (χ1) is 16.0. The van der Waals surface area contributed by atoms with Crippen molar-refractivity contribution in [1.29, 1.82) is 0 Å². The minimum Gasteiger partial charge on any atom is -0.493 e. The van der Waals surface area contributed by atoms with E-state index in [4.69, 9.17) is 23.7 Å². The summed E-state index contributed by atoms with van der Waals surface area (Å²) < 4.78 is 27.9. The van der Waals surface area contributed by atoms with Crippen molar-refractivity contribution in [2.75, 3.05) is 41.6 Å². The van der Waals surface area contributed by atoms with E-state index in [1.807, 2.05) is 42.2 Å². The SMILES string of the molecule is CCOc1ccc(C(c2cc(OC)c(OC)c(OC)c2)N2CCCCC2C(=O)O)cc1OC. The lowest BCUT2D eigenvalue weighted by molar-refractivity contribution is -0.145. The Morgan fingerprint density at radius 1 is 0.939 bits per heavy atom. The zero-order chi connectivity index (χ0) is 24.0. The second-order valence-corrected chi connectivity index (χ2v) is 7.79. The lowest BCUT2D eigenvalue weighted by atomic mass is 9.91. The number of likely N-dealkylation sites (tertiary alicyclic amines) is 1. The molecule has 0 saturated carbocycles. The summed E-state index contributed by atoms with van der Waals surface area (Å²) in [6.45, 7) is 3.07. The van der Waals surface area contributed by atoms with Crippen LogP contribution in [-0.2, 0) is 4.79 Å². The number of carboxylic acids is 1. The van der Waals surface area contributed by atoms with Crippen LogP contribution in [0, 0.1) is 0 Å². The number of methoxy groups -OCH3 is 4. The largest absolute Gasteiger partial charge is 0.493 e. The molecule has 2 aromatic rings. The number of benzene rings is 2. The van der Waals surface area contributed by atoms with Gasteiger partial charge in [0.25, 0.3) is 0 Å². The van der Waals surface area contributed by atoms with Gasteiger partial charge in [0, 0.05) is 0 Å². The molecule has 2 aromatic carbocycles. The van der Waals surface area contributed by atoms with Crippen molar-refractivity contribution >= 4 is 5.97 Å². The summed E-state index contributed by atoms with van der Waals surface area (Å²) >= 11 is 0. The molecule has 1 fully saturated rings. The molecule has 2 atom stereocenters. The molecule has 1 N–H and O–H groups in total. The monoisotopic (exact) mass is 459 g/mol. The number of hydrogen-bond donors (Lipinski definition) is 1. The van der Waals surface area contributed by atoms with Crippen LogP contribution in [0.25, 0.3) is 0 Å². The number of carboxylic acid groups (broad SMARTS) is 1. The van der Waals surface area contributed by atoms with Gasteiger partial charge in [-0.3, -0.25) is 9.69 Å². The molecule has 8 nitrogen and oxygen atoms in total. The van der Waals surface area contributed by atoms with Gasteiger partial charge in [-0.15, -0.1) is 0 Å². The highest BCUT2D eigenvalue weighted by Crippen LogP contribution is 2.44. The maximum atomic E-state index is 12.2. The Bertz CT molecular complexity index is 937. The first-order valence-corrected chi connectivity index (χ1v) is 11.1. The van der Waals surface area contributed by atoms with E-state index >= 15 is 0 Å². The number of piperidine rings is 1. The Morgan fingerprint density at radius 2 is 1.58 bits per heavy atom. The van der Waals surface area contributed by atoms with Crippen LogP contribution in [0.5, 0.6) is 28.7 Å². The predicted molar refractivity (Wildman–Crippen MR) is 124 cm³/mol. The first kappa shape index (κ1) is 24.5. The molecule has 1 aliphatic rings. The number of aliphatic carboxylic acids is 1. The number of nitrogens with zero attached hydrogens (tertiary/aromatic N) is 1. The van der Waals surface area contributed by atoms with E-state index in [9.17, 15) is 9.90 Å². The van der Waals surface area contributed by atoms with Crippen molar-refractivity contribution in [3.8, 4) is 28.7 Å². The standard InChI is InChI=1S/C25H33NO7/c1-6-33-19-11-10-16(13-20(19)29-2)23(26-12-8-7-9-18(26)25(27)28)17-14-21(30-3)24(32-5)22(15-17)31-4/h10-11,13-15,18,23H,6-9,12H2,1-5H3,(H,27,28). The molecule has 0 amide bonds. The summed E-state index contributed by atoms with van der Waals surface area (Å²) in [5, 5.41) is 9.99. The van der Waals surface area contributed by atoms with Crippen molar-refractivity contribution in [2.45, 2.75) is 38.3 Å². The molecule has 0 aromatic heterocycles. The molecule has 0 radical (unpaired) electrons. The third-order valence-corrected chi connectivity index (χ3v) is 5.97. The molecule has 0 spiro atoms. The van der Waals surface area contributed by atoms with Crippen molar-refractivity contribution in [3.05, 3.63) is 41.5 Å². The Kier molecular flexibility index (Phi) is 8.27. The third-order valence-electron chi connectivity index (χ3n) is 5.97. The van der Waals surface area contributed by atoms with Crippen molar-refractivity contribution in [2.24, 2.45) is 0 Å². The second-order valence-electron chi connectivity index (χ2n) is 7.79. The van der Waals surface area contributed by atoms with Gasteiger partial charge in [-0.1, -0.05) is 12.5 Å². The third kappa shape index (κ3) is 5.11. The second kappa shape index (κ2) is 11.1. The summed E-state index contributed by atoms with van der Waals surface area (Å²) in [5.74, 6) is 1.92. The molecular weight excluding hydrogens is 426 g/mol. The molecule has 33 heavy (non-hydrogen) atoms. The topological polar surface area (TPSA) is 86.7 Å². The Labute approximate surface area is 195 Å². The molecule has 1 aliphatic heterocycles. The maximum Gasteiger partial charge on any atom is 0.320 e. The number of rotatable bonds is 10. The fraction of sp³-hybridized carbons (Fsp3) is 0.480. The highest BCUT2D eigenvalue weighted by Gasteiger charge is 2.36. The van der Waals surface area contributed by atoms with Crippen LogP contribution in [0.1, 0.15) is 43.4 Å². The summed E-state index contributed by atoms with van der Waals surface area (Å²) in [5.41, 5.74) is 1.72. The van der Waals surface area contributed by atoms with Gasteiger partial charge in [-0.05, 0) is 61.7 Å². The van der Waals surface area contributed by atoms with Crippen LogP contribution in [0.2, 0.25) is 0 Å². The van der Waals surface area contributed by atoms with Gasteiger partial charge in [0.2, 0.25) is 5.75 Å². The van der Waals surface area contributed by atoms with E-state index in [1.165, 1.54) is 0 Å². The number of carbonyl (C=O) groups is 1. The van der Waals surface area contributed by atoms with Gasteiger partial charge < -0.3 is 28.8 Å². The lowest BCUT2D eigenvalue weighted by Crippen LogP contribution is -2.46. The number of ether oxygens (including phenoxy) is 5. The van der Waals surface area contributed by atoms with Gasteiger partial charge in [0.15, 0.2) is 23.0 Å². The average molecular weight is 460 g/mol. The van der Waals surface area contributed by atoms with E-state index in [0.717, 1.165) is 24.0 Å². The summed E-state index contributed by atoms with van der Waals surface area (Å²) in [7, 11) is 6.28. The van der Waals surface area contributed by atoms with E-state index in [1.54, 1.807) is 28.4 Å². The highest BCUT2D eigenvalue weighted by atomic mass is 16.5. The molecular formula is C25H33NO7. The van der Waals surface area contributed by atoms with Crippen LogP contribution in [0.15, 0.2) is 30.3 Å². The molecule has 2 unspecified atom stereocenters. The molecule has 3 rings (SSSR count). The van der Waals surface area contributed by atoms with Crippen LogP contribution >= 0.6 is 0 Å². The van der Waals surface area contributed by atoms with Crippen LogP contribution in [0.4, 0.5) is 0 Å². The fourth-order valence-electron chi connectivity index (χ4n) is 4.49. The molecule has 1 saturated heterocycles. The molecule has 0 bridgehead atoms. The Balaban J connectivity index is 2.21. The average Bonchev–Trinajstić information content (AvgIpc) is 2.84. The lowest BCUT2D eigenvalue weighted by Gasteiger charge is -2.40. The Hall–Kier alpha value is -3.13. The quantitative estimate of drug-likeness (QED) is 0.567. The summed E-state index contributed by atoms with van der Waals surface area (Å²) in [6, 6.07) is 8.50. The predicted octanol–water partition coefficient (Wildman–Crippen LogP) is 4.15. The number of hydrogen-bond acceptors (Lipinski definition) is 7.